The Morgan fingerprint density at radius 3 is 2.94 bits per heavy atom. The molecule has 3 heterocycles. The molecule has 1 aliphatic rings. The van der Waals surface area contributed by atoms with E-state index in [-0.39, 0.29) is 6.10 Å². The van der Waals surface area contributed by atoms with Crippen molar-refractivity contribution in [2.24, 2.45) is 7.05 Å². The zero-order chi connectivity index (χ0) is 12.5. The Bertz CT molecular complexity index is 562. The van der Waals surface area contributed by atoms with Gasteiger partial charge in [-0.1, -0.05) is 0 Å². The smallest absolute Gasteiger partial charge is 0.242 e. The highest BCUT2D eigenvalue weighted by atomic mass is 79.9. The predicted octanol–water partition coefficient (Wildman–Crippen LogP) is 1.86. The number of nitrogens with one attached hydrogen (secondary N) is 1. The van der Waals surface area contributed by atoms with E-state index in [0.29, 0.717) is 5.88 Å². The number of aryl methyl sites for hydroxylation is 1. The van der Waals surface area contributed by atoms with Crippen LogP contribution >= 0.6 is 15.9 Å². The van der Waals surface area contributed by atoms with Gasteiger partial charge in [-0.2, -0.15) is 4.98 Å². The number of piperidine rings is 1. The molecule has 0 atom stereocenters. The van der Waals surface area contributed by atoms with E-state index >= 15 is 0 Å². The van der Waals surface area contributed by atoms with Crippen molar-refractivity contribution < 1.29 is 4.74 Å². The van der Waals surface area contributed by atoms with Crippen molar-refractivity contribution in [1.82, 2.24) is 19.9 Å². The van der Waals surface area contributed by atoms with Crippen molar-refractivity contribution in [3.63, 3.8) is 0 Å². The molecular formula is C12H15BrN4O. The summed E-state index contributed by atoms with van der Waals surface area (Å²) in [5, 5.41) is 3.33. The monoisotopic (exact) mass is 310 g/mol. The molecule has 6 heteroatoms. The first-order chi connectivity index (χ1) is 8.75. The second-order valence-corrected chi connectivity index (χ2v) is 5.39. The van der Waals surface area contributed by atoms with Crippen LogP contribution in [-0.2, 0) is 7.05 Å². The maximum atomic E-state index is 6.03. The summed E-state index contributed by atoms with van der Waals surface area (Å²) in [6.07, 6.45) is 5.84. The number of ether oxygens (including phenoxy) is 1. The van der Waals surface area contributed by atoms with E-state index in [0.717, 1.165) is 41.4 Å². The summed E-state index contributed by atoms with van der Waals surface area (Å²) in [6, 6.07) is 0. The highest BCUT2D eigenvalue weighted by molar-refractivity contribution is 9.10. The third-order valence-electron chi connectivity index (χ3n) is 3.24. The fourth-order valence-corrected chi connectivity index (χ4v) is 2.91. The fourth-order valence-electron chi connectivity index (χ4n) is 2.31. The van der Waals surface area contributed by atoms with Crippen LogP contribution in [0.1, 0.15) is 12.8 Å². The molecule has 0 saturated carbocycles. The molecule has 3 rings (SSSR count). The summed E-state index contributed by atoms with van der Waals surface area (Å²) < 4.78 is 9.00. The van der Waals surface area contributed by atoms with Crippen molar-refractivity contribution in [3.8, 4) is 5.88 Å². The van der Waals surface area contributed by atoms with Gasteiger partial charge in [-0.15, -0.1) is 0 Å². The normalized spacial score (nSPS) is 17.2. The van der Waals surface area contributed by atoms with Crippen LogP contribution < -0.4 is 10.1 Å². The number of rotatable bonds is 2. The summed E-state index contributed by atoms with van der Waals surface area (Å²) in [6.45, 7) is 2.02. The average Bonchev–Trinajstić information content (AvgIpc) is 2.67. The zero-order valence-electron chi connectivity index (χ0n) is 10.2. The Hall–Kier alpha value is -1.14. The average molecular weight is 311 g/mol. The van der Waals surface area contributed by atoms with E-state index in [9.17, 15) is 0 Å². The molecule has 2 aromatic rings. The first-order valence-electron chi connectivity index (χ1n) is 6.08. The topological polar surface area (TPSA) is 52.0 Å². The first-order valence-corrected chi connectivity index (χ1v) is 6.88. The molecule has 0 bridgehead atoms. The Balaban J connectivity index is 1.95. The molecule has 1 fully saturated rings. The lowest BCUT2D eigenvalue weighted by atomic mass is 10.1. The van der Waals surface area contributed by atoms with E-state index in [2.05, 4.69) is 31.2 Å². The third-order valence-corrected chi connectivity index (χ3v) is 3.82. The molecule has 2 aromatic heterocycles. The van der Waals surface area contributed by atoms with Gasteiger partial charge in [-0.05, 0) is 41.9 Å². The predicted molar refractivity (Wildman–Crippen MR) is 72.7 cm³/mol. The van der Waals surface area contributed by atoms with E-state index in [1.165, 1.54) is 0 Å². The Kier molecular flexibility index (Phi) is 3.22. The van der Waals surface area contributed by atoms with Gasteiger partial charge in [0.2, 0.25) is 5.88 Å². The van der Waals surface area contributed by atoms with E-state index in [4.69, 9.17) is 4.74 Å². The third kappa shape index (κ3) is 2.10. The highest BCUT2D eigenvalue weighted by Crippen LogP contribution is 2.29. The molecule has 0 spiro atoms. The molecular weight excluding hydrogens is 296 g/mol. The molecule has 1 saturated heterocycles. The number of aromatic nitrogens is 3. The van der Waals surface area contributed by atoms with Crippen LogP contribution in [0.25, 0.3) is 11.0 Å². The van der Waals surface area contributed by atoms with Gasteiger partial charge in [-0.25, -0.2) is 4.98 Å². The van der Waals surface area contributed by atoms with Crippen molar-refractivity contribution in [3.05, 3.63) is 17.0 Å². The number of nitrogens with zero attached hydrogens (tertiary/aromatic N) is 3. The molecule has 96 valence electrons. The number of fused-ring (bicyclic) bond motifs is 1. The Morgan fingerprint density at radius 2 is 2.17 bits per heavy atom. The van der Waals surface area contributed by atoms with E-state index in [1.54, 1.807) is 6.33 Å². The van der Waals surface area contributed by atoms with Crippen LogP contribution in [-0.4, -0.2) is 33.7 Å². The number of hydrogen-bond acceptors (Lipinski definition) is 4. The van der Waals surface area contributed by atoms with Gasteiger partial charge in [0.25, 0.3) is 0 Å². The van der Waals surface area contributed by atoms with Crippen LogP contribution in [0.3, 0.4) is 0 Å². The fraction of sp³-hybridized carbons (Fsp3) is 0.500. The van der Waals surface area contributed by atoms with Gasteiger partial charge in [0.15, 0.2) is 0 Å². The summed E-state index contributed by atoms with van der Waals surface area (Å²) in [5.41, 5.74) is 1.85. The number of halogens is 1. The quantitative estimate of drug-likeness (QED) is 0.920. The first kappa shape index (κ1) is 11.9. The van der Waals surface area contributed by atoms with E-state index < -0.39 is 0 Å². The van der Waals surface area contributed by atoms with Crippen molar-refractivity contribution >= 4 is 27.0 Å². The summed E-state index contributed by atoms with van der Waals surface area (Å²) in [4.78, 5) is 8.56. The molecule has 1 aliphatic heterocycles. The van der Waals surface area contributed by atoms with Gasteiger partial charge >= 0.3 is 0 Å². The zero-order valence-corrected chi connectivity index (χ0v) is 11.8. The standard InChI is InChI=1S/C12H15BrN4O/c1-17-6-9(13)10-11(17)12(16-7-15-10)18-8-2-4-14-5-3-8/h6-8,14H,2-5H2,1H3. The summed E-state index contributed by atoms with van der Waals surface area (Å²) >= 11 is 3.50. The van der Waals surface area contributed by atoms with Gasteiger partial charge < -0.3 is 14.6 Å². The van der Waals surface area contributed by atoms with Crippen LogP contribution in [0.2, 0.25) is 0 Å². The Morgan fingerprint density at radius 1 is 1.39 bits per heavy atom. The molecule has 0 amide bonds. The Labute approximate surface area is 114 Å². The molecule has 5 nitrogen and oxygen atoms in total. The lowest BCUT2D eigenvalue weighted by Gasteiger charge is -2.23. The molecule has 1 N–H and O–H groups in total. The van der Waals surface area contributed by atoms with Crippen molar-refractivity contribution in [1.29, 1.82) is 0 Å². The largest absolute Gasteiger partial charge is 0.473 e. The maximum Gasteiger partial charge on any atom is 0.242 e. The van der Waals surface area contributed by atoms with Crippen LogP contribution in [0, 0.1) is 0 Å². The van der Waals surface area contributed by atoms with Crippen molar-refractivity contribution in [2.75, 3.05) is 13.1 Å². The summed E-state index contributed by atoms with van der Waals surface area (Å²) in [5.74, 6) is 0.681. The van der Waals surface area contributed by atoms with E-state index in [1.807, 2.05) is 17.8 Å². The minimum atomic E-state index is 0.248. The number of hydrogen-bond donors (Lipinski definition) is 1. The van der Waals surface area contributed by atoms with Gasteiger partial charge in [0, 0.05) is 13.2 Å². The van der Waals surface area contributed by atoms with Crippen LogP contribution in [0.15, 0.2) is 17.0 Å². The van der Waals surface area contributed by atoms with Gasteiger partial charge in [-0.3, -0.25) is 0 Å². The lowest BCUT2D eigenvalue weighted by Crippen LogP contribution is -2.34. The molecule has 18 heavy (non-hydrogen) atoms. The van der Waals surface area contributed by atoms with Gasteiger partial charge in [0.1, 0.15) is 23.5 Å². The minimum absolute atomic E-state index is 0.248. The highest BCUT2D eigenvalue weighted by Gasteiger charge is 2.18. The summed E-state index contributed by atoms with van der Waals surface area (Å²) in [7, 11) is 1.98. The minimum Gasteiger partial charge on any atom is -0.473 e. The SMILES string of the molecule is Cn1cc(Br)c2ncnc(OC3CCNCC3)c21. The van der Waals surface area contributed by atoms with Gasteiger partial charge in [0.05, 0.1) is 4.47 Å². The van der Waals surface area contributed by atoms with Crippen LogP contribution in [0.5, 0.6) is 5.88 Å². The molecule has 0 aliphatic carbocycles. The van der Waals surface area contributed by atoms with Crippen LogP contribution in [0.4, 0.5) is 0 Å². The second-order valence-electron chi connectivity index (χ2n) is 4.53. The van der Waals surface area contributed by atoms with Crippen molar-refractivity contribution in [2.45, 2.75) is 18.9 Å². The lowest BCUT2D eigenvalue weighted by molar-refractivity contribution is 0.157. The molecule has 0 radical (unpaired) electrons. The molecule has 0 unspecified atom stereocenters. The second kappa shape index (κ2) is 4.85. The molecule has 0 aromatic carbocycles. The maximum absolute atomic E-state index is 6.03.